The first-order valence-corrected chi connectivity index (χ1v) is 6.03. The van der Waals surface area contributed by atoms with Crippen molar-refractivity contribution in [2.75, 3.05) is 26.8 Å². The lowest BCUT2D eigenvalue weighted by atomic mass is 9.65. The number of methoxy groups -OCH3 is 1. The zero-order valence-electron chi connectivity index (χ0n) is 9.77. The van der Waals surface area contributed by atoms with Gasteiger partial charge in [-0.05, 0) is 50.6 Å². The van der Waals surface area contributed by atoms with Gasteiger partial charge in [0.05, 0.1) is 0 Å². The predicted molar refractivity (Wildman–Crippen MR) is 60.6 cm³/mol. The number of nitrogens with one attached hydrogen (secondary N) is 1. The molecule has 84 valence electrons. The maximum Gasteiger partial charge on any atom is 0.0467 e. The van der Waals surface area contributed by atoms with E-state index in [0.29, 0.717) is 5.41 Å². The van der Waals surface area contributed by atoms with E-state index in [0.717, 1.165) is 6.61 Å². The standard InChI is InChI=1S/C12H25NO/c1-3-9-13-10-7-12(5-4-6-12)8-11-14-2/h13H,3-11H2,1-2H3. The first-order valence-electron chi connectivity index (χ1n) is 6.03. The van der Waals surface area contributed by atoms with Crippen LogP contribution in [-0.2, 0) is 4.74 Å². The Morgan fingerprint density at radius 1 is 1.21 bits per heavy atom. The highest BCUT2D eigenvalue weighted by molar-refractivity contribution is 4.87. The second kappa shape index (κ2) is 6.41. The van der Waals surface area contributed by atoms with Crippen LogP contribution in [0, 0.1) is 5.41 Å². The third-order valence-corrected chi connectivity index (χ3v) is 3.51. The summed E-state index contributed by atoms with van der Waals surface area (Å²) in [7, 11) is 1.81. The minimum atomic E-state index is 0.636. The highest BCUT2D eigenvalue weighted by Gasteiger charge is 2.35. The molecule has 0 spiro atoms. The quantitative estimate of drug-likeness (QED) is 0.607. The zero-order valence-corrected chi connectivity index (χ0v) is 9.77. The summed E-state index contributed by atoms with van der Waals surface area (Å²) in [5.41, 5.74) is 0.636. The van der Waals surface area contributed by atoms with Crippen molar-refractivity contribution >= 4 is 0 Å². The second-order valence-corrected chi connectivity index (χ2v) is 4.60. The molecule has 1 rings (SSSR count). The average molecular weight is 199 g/mol. The monoisotopic (exact) mass is 199 g/mol. The molecule has 0 aliphatic heterocycles. The van der Waals surface area contributed by atoms with Gasteiger partial charge in [-0.3, -0.25) is 0 Å². The van der Waals surface area contributed by atoms with Crippen LogP contribution in [0.1, 0.15) is 45.4 Å². The maximum absolute atomic E-state index is 5.18. The number of ether oxygens (including phenoxy) is 1. The van der Waals surface area contributed by atoms with Gasteiger partial charge < -0.3 is 10.1 Å². The Morgan fingerprint density at radius 3 is 2.50 bits per heavy atom. The van der Waals surface area contributed by atoms with Gasteiger partial charge in [0.15, 0.2) is 0 Å². The Bertz CT molecular complexity index is 143. The van der Waals surface area contributed by atoms with E-state index in [1.165, 1.54) is 51.6 Å². The van der Waals surface area contributed by atoms with Gasteiger partial charge in [0.25, 0.3) is 0 Å². The molecule has 0 amide bonds. The normalized spacial score (nSPS) is 19.3. The summed E-state index contributed by atoms with van der Waals surface area (Å²) in [6, 6.07) is 0. The van der Waals surface area contributed by atoms with Crippen LogP contribution in [0.3, 0.4) is 0 Å². The minimum Gasteiger partial charge on any atom is -0.385 e. The van der Waals surface area contributed by atoms with Crippen molar-refractivity contribution < 1.29 is 4.74 Å². The molecule has 0 bridgehead atoms. The van der Waals surface area contributed by atoms with E-state index in [2.05, 4.69) is 12.2 Å². The molecule has 2 nitrogen and oxygen atoms in total. The molecule has 1 saturated carbocycles. The van der Waals surface area contributed by atoms with Crippen LogP contribution in [0.5, 0.6) is 0 Å². The third-order valence-electron chi connectivity index (χ3n) is 3.51. The summed E-state index contributed by atoms with van der Waals surface area (Å²) in [5.74, 6) is 0. The molecule has 1 fully saturated rings. The van der Waals surface area contributed by atoms with Crippen molar-refractivity contribution in [1.82, 2.24) is 5.32 Å². The van der Waals surface area contributed by atoms with E-state index in [1.807, 2.05) is 7.11 Å². The van der Waals surface area contributed by atoms with Crippen LogP contribution < -0.4 is 5.32 Å². The third kappa shape index (κ3) is 3.58. The van der Waals surface area contributed by atoms with Crippen LogP contribution in [0.2, 0.25) is 0 Å². The minimum absolute atomic E-state index is 0.636. The van der Waals surface area contributed by atoms with Gasteiger partial charge in [-0.25, -0.2) is 0 Å². The lowest BCUT2D eigenvalue weighted by Crippen LogP contribution is -2.34. The van der Waals surface area contributed by atoms with Crippen LogP contribution in [0.25, 0.3) is 0 Å². The molecule has 0 aromatic carbocycles. The molecule has 0 unspecified atom stereocenters. The van der Waals surface area contributed by atoms with Crippen LogP contribution in [-0.4, -0.2) is 26.8 Å². The molecule has 0 aromatic heterocycles. The van der Waals surface area contributed by atoms with Gasteiger partial charge in [-0.15, -0.1) is 0 Å². The molecule has 1 aliphatic rings. The largest absolute Gasteiger partial charge is 0.385 e. The molecule has 0 radical (unpaired) electrons. The van der Waals surface area contributed by atoms with E-state index in [1.54, 1.807) is 0 Å². The Hall–Kier alpha value is -0.0800. The molecule has 1 aliphatic carbocycles. The van der Waals surface area contributed by atoms with E-state index < -0.39 is 0 Å². The van der Waals surface area contributed by atoms with Crippen LogP contribution in [0.4, 0.5) is 0 Å². The predicted octanol–water partition coefficient (Wildman–Crippen LogP) is 2.58. The summed E-state index contributed by atoms with van der Waals surface area (Å²) in [6.45, 7) is 5.52. The molecule has 0 aromatic rings. The average Bonchev–Trinajstić information content (AvgIpc) is 2.15. The second-order valence-electron chi connectivity index (χ2n) is 4.60. The Labute approximate surface area is 88.4 Å². The van der Waals surface area contributed by atoms with E-state index in [9.17, 15) is 0 Å². The molecule has 0 atom stereocenters. The smallest absolute Gasteiger partial charge is 0.0467 e. The van der Waals surface area contributed by atoms with Gasteiger partial charge >= 0.3 is 0 Å². The van der Waals surface area contributed by atoms with Crippen LogP contribution >= 0.6 is 0 Å². The van der Waals surface area contributed by atoms with Crippen LogP contribution in [0.15, 0.2) is 0 Å². The Kier molecular flexibility index (Phi) is 5.49. The fraction of sp³-hybridized carbons (Fsp3) is 1.00. The summed E-state index contributed by atoms with van der Waals surface area (Å²) in [4.78, 5) is 0. The van der Waals surface area contributed by atoms with Gasteiger partial charge in [0.1, 0.15) is 0 Å². The molecule has 2 heteroatoms. The SMILES string of the molecule is CCCNCCC1(CCOC)CCC1. The van der Waals surface area contributed by atoms with Gasteiger partial charge in [0, 0.05) is 13.7 Å². The zero-order chi connectivity index (χ0) is 10.3. The van der Waals surface area contributed by atoms with Crippen molar-refractivity contribution in [3.05, 3.63) is 0 Å². The van der Waals surface area contributed by atoms with Crippen molar-refractivity contribution in [1.29, 1.82) is 0 Å². The molecular weight excluding hydrogens is 174 g/mol. The summed E-state index contributed by atoms with van der Waals surface area (Å²) < 4.78 is 5.18. The topological polar surface area (TPSA) is 21.3 Å². The summed E-state index contributed by atoms with van der Waals surface area (Å²) >= 11 is 0. The van der Waals surface area contributed by atoms with E-state index in [4.69, 9.17) is 4.74 Å². The number of hydrogen-bond acceptors (Lipinski definition) is 2. The fourth-order valence-corrected chi connectivity index (χ4v) is 2.28. The Balaban J connectivity index is 2.10. The highest BCUT2D eigenvalue weighted by atomic mass is 16.5. The van der Waals surface area contributed by atoms with Crippen molar-refractivity contribution in [3.8, 4) is 0 Å². The maximum atomic E-state index is 5.18. The highest BCUT2D eigenvalue weighted by Crippen LogP contribution is 2.46. The summed E-state index contributed by atoms with van der Waals surface area (Å²) in [6.07, 6.45) is 8.12. The number of hydrogen-bond donors (Lipinski definition) is 1. The molecule has 14 heavy (non-hydrogen) atoms. The van der Waals surface area contributed by atoms with Gasteiger partial charge in [-0.1, -0.05) is 13.3 Å². The summed E-state index contributed by atoms with van der Waals surface area (Å²) in [5, 5.41) is 3.49. The first-order chi connectivity index (χ1) is 6.83. The lowest BCUT2D eigenvalue weighted by Gasteiger charge is -2.42. The lowest BCUT2D eigenvalue weighted by molar-refractivity contribution is 0.0616. The number of rotatable bonds is 8. The van der Waals surface area contributed by atoms with Crippen molar-refractivity contribution in [3.63, 3.8) is 0 Å². The van der Waals surface area contributed by atoms with Gasteiger partial charge in [0.2, 0.25) is 0 Å². The van der Waals surface area contributed by atoms with Gasteiger partial charge in [-0.2, -0.15) is 0 Å². The van der Waals surface area contributed by atoms with E-state index >= 15 is 0 Å². The molecule has 0 saturated heterocycles. The molecular formula is C12H25NO. The van der Waals surface area contributed by atoms with Crippen molar-refractivity contribution in [2.24, 2.45) is 5.41 Å². The Morgan fingerprint density at radius 2 is 2.00 bits per heavy atom. The van der Waals surface area contributed by atoms with E-state index in [-0.39, 0.29) is 0 Å². The molecule has 1 N–H and O–H groups in total. The first kappa shape index (κ1) is 12.0. The van der Waals surface area contributed by atoms with Crippen molar-refractivity contribution in [2.45, 2.75) is 45.4 Å². The fourth-order valence-electron chi connectivity index (χ4n) is 2.28. The molecule has 0 heterocycles.